The Morgan fingerprint density at radius 1 is 0.875 bits per heavy atom. The first-order valence-corrected chi connectivity index (χ1v) is 10.4. The largest absolute Gasteiger partial charge is 0.443 e. The number of amides is 2. The van der Waals surface area contributed by atoms with Gasteiger partial charge in [0.25, 0.3) is 11.8 Å². The molecular weight excluding hydrogens is 404 g/mol. The molecule has 0 saturated carbocycles. The standard InChI is InChI=1S/C26H22N2O4/c1-26(2,3)32-25(31)28-13-12-16-14-15(8-11-21(16)28)17-9-10-20-22-18(17)6-5-7-19(22)23(29)27(4)24(20)30/h5-14H,1-4H3. The van der Waals surface area contributed by atoms with E-state index in [-0.39, 0.29) is 11.8 Å². The van der Waals surface area contributed by atoms with E-state index in [1.807, 2.05) is 63.2 Å². The van der Waals surface area contributed by atoms with Crippen LogP contribution in [0.5, 0.6) is 0 Å². The van der Waals surface area contributed by atoms with Gasteiger partial charge in [0.05, 0.1) is 5.52 Å². The van der Waals surface area contributed by atoms with Crippen LogP contribution in [0.2, 0.25) is 0 Å². The fourth-order valence-corrected chi connectivity index (χ4v) is 4.25. The first-order valence-electron chi connectivity index (χ1n) is 10.4. The summed E-state index contributed by atoms with van der Waals surface area (Å²) in [6.07, 6.45) is 1.27. The number of fused-ring (bicyclic) bond motifs is 1. The van der Waals surface area contributed by atoms with Crippen molar-refractivity contribution in [2.24, 2.45) is 0 Å². The Kier molecular flexibility index (Phi) is 4.24. The second kappa shape index (κ2) is 6.79. The van der Waals surface area contributed by atoms with Crippen molar-refractivity contribution in [1.29, 1.82) is 0 Å². The van der Waals surface area contributed by atoms with Gasteiger partial charge in [-0.2, -0.15) is 0 Å². The van der Waals surface area contributed by atoms with E-state index in [1.165, 1.54) is 11.6 Å². The molecule has 1 aromatic heterocycles. The first kappa shape index (κ1) is 20.0. The smallest absolute Gasteiger partial charge is 0.418 e. The van der Waals surface area contributed by atoms with Crippen LogP contribution in [0.15, 0.2) is 60.8 Å². The van der Waals surface area contributed by atoms with E-state index in [0.717, 1.165) is 32.3 Å². The summed E-state index contributed by atoms with van der Waals surface area (Å²) in [5.74, 6) is -0.592. The fourth-order valence-electron chi connectivity index (χ4n) is 4.25. The Hall–Kier alpha value is -3.93. The summed E-state index contributed by atoms with van der Waals surface area (Å²) < 4.78 is 6.99. The van der Waals surface area contributed by atoms with Gasteiger partial charge in [0.2, 0.25) is 0 Å². The van der Waals surface area contributed by atoms with Gasteiger partial charge in [0, 0.05) is 35.1 Å². The molecule has 6 nitrogen and oxygen atoms in total. The lowest BCUT2D eigenvalue weighted by atomic mass is 9.89. The van der Waals surface area contributed by atoms with Gasteiger partial charge >= 0.3 is 6.09 Å². The van der Waals surface area contributed by atoms with E-state index in [2.05, 4.69) is 0 Å². The number of rotatable bonds is 1. The number of hydrogen-bond donors (Lipinski definition) is 0. The van der Waals surface area contributed by atoms with Crippen molar-refractivity contribution < 1.29 is 19.1 Å². The number of carbonyl (C=O) groups is 3. The van der Waals surface area contributed by atoms with Crippen molar-refractivity contribution in [2.45, 2.75) is 26.4 Å². The topological polar surface area (TPSA) is 68.6 Å². The molecule has 2 amide bonds. The van der Waals surface area contributed by atoms with Gasteiger partial charge < -0.3 is 4.74 Å². The molecule has 32 heavy (non-hydrogen) atoms. The molecule has 1 aliphatic heterocycles. The molecule has 3 aromatic carbocycles. The number of nitrogens with zero attached hydrogens (tertiary/aromatic N) is 2. The zero-order valence-electron chi connectivity index (χ0n) is 18.3. The van der Waals surface area contributed by atoms with Gasteiger partial charge in [-0.1, -0.05) is 24.3 Å². The van der Waals surface area contributed by atoms with Gasteiger partial charge in [0.1, 0.15) is 5.60 Å². The molecule has 0 bridgehead atoms. The molecule has 0 fully saturated rings. The number of benzene rings is 3. The van der Waals surface area contributed by atoms with Crippen LogP contribution < -0.4 is 0 Å². The monoisotopic (exact) mass is 426 g/mol. The van der Waals surface area contributed by atoms with Crippen molar-refractivity contribution in [2.75, 3.05) is 7.05 Å². The minimum Gasteiger partial charge on any atom is -0.443 e. The minimum absolute atomic E-state index is 0.296. The number of hydrogen-bond acceptors (Lipinski definition) is 4. The second-order valence-corrected chi connectivity index (χ2v) is 9.00. The van der Waals surface area contributed by atoms with Gasteiger partial charge in [-0.25, -0.2) is 4.79 Å². The molecule has 0 atom stereocenters. The molecule has 0 spiro atoms. The minimum atomic E-state index is -0.583. The lowest BCUT2D eigenvalue weighted by Crippen LogP contribution is -2.36. The Bertz CT molecular complexity index is 1430. The molecule has 0 unspecified atom stereocenters. The Morgan fingerprint density at radius 3 is 2.28 bits per heavy atom. The predicted octanol–water partition coefficient (Wildman–Crippen LogP) is 5.47. The molecule has 6 heteroatoms. The van der Waals surface area contributed by atoms with Crippen molar-refractivity contribution >= 4 is 39.6 Å². The van der Waals surface area contributed by atoms with Crippen LogP contribution >= 0.6 is 0 Å². The van der Waals surface area contributed by atoms with Crippen molar-refractivity contribution in [3.63, 3.8) is 0 Å². The molecule has 0 N–H and O–H groups in total. The second-order valence-electron chi connectivity index (χ2n) is 9.00. The third-order valence-corrected chi connectivity index (χ3v) is 5.70. The maximum Gasteiger partial charge on any atom is 0.418 e. The molecule has 4 aromatic rings. The summed E-state index contributed by atoms with van der Waals surface area (Å²) in [7, 11) is 1.50. The molecule has 160 valence electrons. The average molecular weight is 426 g/mol. The van der Waals surface area contributed by atoms with Crippen LogP contribution in [0, 0.1) is 0 Å². The van der Waals surface area contributed by atoms with Gasteiger partial charge in [-0.15, -0.1) is 0 Å². The van der Waals surface area contributed by atoms with Gasteiger partial charge in [0.15, 0.2) is 0 Å². The highest BCUT2D eigenvalue weighted by Gasteiger charge is 2.30. The maximum absolute atomic E-state index is 12.7. The number of ether oxygens (including phenoxy) is 1. The van der Waals surface area contributed by atoms with E-state index < -0.39 is 11.7 Å². The molecule has 5 rings (SSSR count). The fraction of sp³-hybridized carbons (Fsp3) is 0.192. The van der Waals surface area contributed by atoms with Crippen LogP contribution in [0.25, 0.3) is 32.8 Å². The van der Waals surface area contributed by atoms with E-state index >= 15 is 0 Å². The maximum atomic E-state index is 12.7. The highest BCUT2D eigenvalue weighted by atomic mass is 16.6. The number of carbonyl (C=O) groups excluding carboxylic acids is 3. The zero-order valence-corrected chi connectivity index (χ0v) is 18.3. The molecular formula is C26H22N2O4. The van der Waals surface area contributed by atoms with E-state index in [4.69, 9.17) is 4.74 Å². The SMILES string of the molecule is CN1C(=O)c2cccc3c(-c4ccc5c(ccn5C(=O)OC(C)(C)C)c4)ccc(c23)C1=O. The van der Waals surface area contributed by atoms with Crippen LogP contribution in [0.4, 0.5) is 4.79 Å². The molecule has 0 aliphatic carbocycles. The Balaban J connectivity index is 1.65. The van der Waals surface area contributed by atoms with Crippen molar-refractivity contribution in [3.05, 3.63) is 71.9 Å². The summed E-state index contributed by atoms with van der Waals surface area (Å²) in [6.45, 7) is 5.50. The third kappa shape index (κ3) is 2.99. The Morgan fingerprint density at radius 2 is 1.56 bits per heavy atom. The van der Waals surface area contributed by atoms with E-state index in [9.17, 15) is 14.4 Å². The molecule has 0 saturated heterocycles. The molecule has 2 heterocycles. The summed E-state index contributed by atoms with van der Waals surface area (Å²) >= 11 is 0. The van der Waals surface area contributed by atoms with Gasteiger partial charge in [-0.3, -0.25) is 19.1 Å². The van der Waals surface area contributed by atoms with Crippen molar-refractivity contribution in [3.8, 4) is 11.1 Å². The van der Waals surface area contributed by atoms with Crippen LogP contribution in [0.3, 0.4) is 0 Å². The number of aromatic nitrogens is 1. The molecule has 0 radical (unpaired) electrons. The highest BCUT2D eigenvalue weighted by molar-refractivity contribution is 6.26. The van der Waals surface area contributed by atoms with Gasteiger partial charge in [-0.05, 0) is 67.6 Å². The quantitative estimate of drug-likeness (QED) is 0.379. The first-order chi connectivity index (χ1) is 15.2. The normalized spacial score (nSPS) is 13.8. The highest BCUT2D eigenvalue weighted by Crippen LogP contribution is 2.37. The van der Waals surface area contributed by atoms with E-state index in [0.29, 0.717) is 16.5 Å². The third-order valence-electron chi connectivity index (χ3n) is 5.70. The summed E-state index contributed by atoms with van der Waals surface area (Å²) in [5.41, 5.74) is 3.07. The van der Waals surface area contributed by atoms with Crippen LogP contribution in [-0.4, -0.2) is 40.0 Å². The summed E-state index contributed by atoms with van der Waals surface area (Å²) in [5, 5.41) is 2.42. The predicted molar refractivity (Wildman–Crippen MR) is 123 cm³/mol. The van der Waals surface area contributed by atoms with Crippen LogP contribution in [-0.2, 0) is 4.74 Å². The molecule has 1 aliphatic rings. The van der Waals surface area contributed by atoms with Crippen LogP contribution in [0.1, 0.15) is 41.5 Å². The summed E-state index contributed by atoms with van der Waals surface area (Å²) in [6, 6.07) is 16.9. The summed E-state index contributed by atoms with van der Waals surface area (Å²) in [4.78, 5) is 39.0. The zero-order chi connectivity index (χ0) is 22.8. The van der Waals surface area contributed by atoms with E-state index in [1.54, 1.807) is 18.3 Å². The lowest BCUT2D eigenvalue weighted by Gasteiger charge is -2.24. The number of imide groups is 1. The lowest BCUT2D eigenvalue weighted by molar-refractivity contribution is 0.0543. The van der Waals surface area contributed by atoms with Crippen molar-refractivity contribution in [1.82, 2.24) is 9.47 Å². The average Bonchev–Trinajstić information content (AvgIpc) is 3.18. The Labute approximate surface area is 185 Å².